The van der Waals surface area contributed by atoms with Crippen molar-refractivity contribution in [3.63, 3.8) is 0 Å². The maximum Gasteiger partial charge on any atom is 0.340 e. The van der Waals surface area contributed by atoms with Crippen LogP contribution in [0.15, 0.2) is 42.5 Å². The first-order chi connectivity index (χ1) is 11.6. The molecule has 0 radical (unpaired) electrons. The average Bonchev–Trinajstić information content (AvgIpc) is 2.65. The van der Waals surface area contributed by atoms with Gasteiger partial charge in [-0.15, -0.1) is 0 Å². The van der Waals surface area contributed by atoms with E-state index in [2.05, 4.69) is 10.6 Å². The van der Waals surface area contributed by atoms with Crippen molar-refractivity contribution in [2.75, 3.05) is 31.8 Å². The van der Waals surface area contributed by atoms with Crippen molar-refractivity contribution in [1.29, 1.82) is 0 Å². The number of rotatable bonds is 6. The zero-order chi connectivity index (χ0) is 17.5. The Kier molecular flexibility index (Phi) is 5.78. The van der Waals surface area contributed by atoms with Crippen molar-refractivity contribution in [2.24, 2.45) is 0 Å². The minimum absolute atomic E-state index is 0.177. The van der Waals surface area contributed by atoms with E-state index in [1.807, 2.05) is 30.3 Å². The van der Waals surface area contributed by atoms with Gasteiger partial charge in [-0.1, -0.05) is 30.3 Å². The van der Waals surface area contributed by atoms with Crippen LogP contribution in [0.4, 0.5) is 11.4 Å². The van der Waals surface area contributed by atoms with E-state index in [0.29, 0.717) is 22.5 Å². The number of hydrogen-bond acceptors (Lipinski definition) is 6. The standard InChI is InChI=1S/C18H20N2O4/c1-19-15-10-14(16(20-2)9-13(15)17(21)23-3)18(22)24-11-12-7-5-4-6-8-12/h4-10,19-20H,11H2,1-3H3. The van der Waals surface area contributed by atoms with E-state index in [4.69, 9.17) is 9.47 Å². The molecule has 0 heterocycles. The highest BCUT2D eigenvalue weighted by Gasteiger charge is 2.20. The molecule has 126 valence electrons. The van der Waals surface area contributed by atoms with Crippen LogP contribution < -0.4 is 10.6 Å². The van der Waals surface area contributed by atoms with Crippen molar-refractivity contribution < 1.29 is 19.1 Å². The second-order valence-corrected chi connectivity index (χ2v) is 5.00. The fraction of sp³-hybridized carbons (Fsp3) is 0.222. The molecule has 2 aromatic carbocycles. The van der Waals surface area contributed by atoms with E-state index in [9.17, 15) is 9.59 Å². The zero-order valence-corrected chi connectivity index (χ0v) is 13.9. The van der Waals surface area contributed by atoms with E-state index in [0.717, 1.165) is 5.56 Å². The third-order valence-corrected chi connectivity index (χ3v) is 3.53. The van der Waals surface area contributed by atoms with Crippen molar-refractivity contribution in [3.8, 4) is 0 Å². The summed E-state index contributed by atoms with van der Waals surface area (Å²) in [6.07, 6.45) is 0. The number of ether oxygens (including phenoxy) is 2. The molecule has 0 atom stereocenters. The SMILES string of the molecule is CNc1cc(C(=O)OCc2ccccc2)c(NC)cc1C(=O)OC. The molecule has 0 aliphatic carbocycles. The normalized spacial score (nSPS) is 9.96. The molecule has 6 heteroatoms. The maximum atomic E-state index is 12.4. The fourth-order valence-electron chi connectivity index (χ4n) is 2.26. The Morgan fingerprint density at radius 2 is 1.46 bits per heavy atom. The molecule has 24 heavy (non-hydrogen) atoms. The lowest BCUT2D eigenvalue weighted by Gasteiger charge is -2.14. The van der Waals surface area contributed by atoms with E-state index >= 15 is 0 Å². The third kappa shape index (κ3) is 3.84. The van der Waals surface area contributed by atoms with Crippen LogP contribution in [0.25, 0.3) is 0 Å². The monoisotopic (exact) mass is 328 g/mol. The summed E-state index contributed by atoms with van der Waals surface area (Å²) in [5.74, 6) is -0.962. The molecule has 2 aromatic rings. The summed E-state index contributed by atoms with van der Waals surface area (Å²) in [4.78, 5) is 24.3. The zero-order valence-electron chi connectivity index (χ0n) is 13.9. The molecule has 6 nitrogen and oxygen atoms in total. The van der Waals surface area contributed by atoms with Gasteiger partial charge in [0.1, 0.15) is 6.61 Å². The smallest absolute Gasteiger partial charge is 0.340 e. The minimum Gasteiger partial charge on any atom is -0.465 e. The summed E-state index contributed by atoms with van der Waals surface area (Å²) >= 11 is 0. The number of carbonyl (C=O) groups is 2. The molecule has 0 spiro atoms. The lowest BCUT2D eigenvalue weighted by molar-refractivity contribution is 0.0472. The molecule has 0 saturated heterocycles. The fourth-order valence-corrected chi connectivity index (χ4v) is 2.26. The number of hydrogen-bond donors (Lipinski definition) is 2. The van der Waals surface area contributed by atoms with Crippen molar-refractivity contribution in [3.05, 3.63) is 59.2 Å². The number of benzene rings is 2. The molecule has 0 amide bonds. The predicted molar refractivity (Wildman–Crippen MR) is 92.4 cm³/mol. The average molecular weight is 328 g/mol. The van der Waals surface area contributed by atoms with Crippen LogP contribution in [0.1, 0.15) is 26.3 Å². The number of methoxy groups -OCH3 is 1. The highest BCUT2D eigenvalue weighted by molar-refractivity contribution is 6.03. The predicted octanol–water partition coefficient (Wildman–Crippen LogP) is 2.91. The molecule has 0 aromatic heterocycles. The summed E-state index contributed by atoms with van der Waals surface area (Å²) in [5.41, 5.74) is 2.56. The molecular formula is C18H20N2O4. The van der Waals surface area contributed by atoms with Crippen LogP contribution in [-0.2, 0) is 16.1 Å². The molecule has 0 saturated carbocycles. The van der Waals surface area contributed by atoms with Gasteiger partial charge in [0.25, 0.3) is 0 Å². The molecule has 0 bridgehead atoms. The van der Waals surface area contributed by atoms with Gasteiger partial charge < -0.3 is 20.1 Å². The van der Waals surface area contributed by atoms with Gasteiger partial charge in [0.05, 0.1) is 18.2 Å². The Morgan fingerprint density at radius 3 is 1.96 bits per heavy atom. The highest BCUT2D eigenvalue weighted by Crippen LogP contribution is 2.27. The molecule has 2 rings (SSSR count). The summed E-state index contributed by atoms with van der Waals surface area (Å²) in [6, 6.07) is 12.6. The molecule has 2 N–H and O–H groups in total. The van der Waals surface area contributed by atoms with Gasteiger partial charge in [0.15, 0.2) is 0 Å². The highest BCUT2D eigenvalue weighted by atomic mass is 16.5. The van der Waals surface area contributed by atoms with Gasteiger partial charge in [-0.25, -0.2) is 9.59 Å². The third-order valence-electron chi connectivity index (χ3n) is 3.53. The van der Waals surface area contributed by atoms with Crippen molar-refractivity contribution in [1.82, 2.24) is 0 Å². The van der Waals surface area contributed by atoms with Crippen molar-refractivity contribution in [2.45, 2.75) is 6.61 Å². The van der Waals surface area contributed by atoms with Gasteiger partial charge in [-0.2, -0.15) is 0 Å². The molecule has 0 aliphatic heterocycles. The van der Waals surface area contributed by atoms with E-state index in [-0.39, 0.29) is 6.61 Å². The largest absolute Gasteiger partial charge is 0.465 e. The molecule has 0 aliphatic rings. The second kappa shape index (κ2) is 8.01. The first-order valence-corrected chi connectivity index (χ1v) is 7.43. The molecular weight excluding hydrogens is 308 g/mol. The van der Waals surface area contributed by atoms with E-state index in [1.54, 1.807) is 26.2 Å². The Labute approximate surface area is 140 Å². The van der Waals surface area contributed by atoms with Crippen LogP contribution in [0.5, 0.6) is 0 Å². The van der Waals surface area contributed by atoms with Crippen molar-refractivity contribution >= 4 is 23.3 Å². The van der Waals surface area contributed by atoms with Crippen LogP contribution in [0.2, 0.25) is 0 Å². The van der Waals surface area contributed by atoms with E-state index in [1.165, 1.54) is 7.11 Å². The molecule has 0 fully saturated rings. The maximum absolute atomic E-state index is 12.4. The van der Waals surface area contributed by atoms with Gasteiger partial charge >= 0.3 is 11.9 Å². The Hall–Kier alpha value is -3.02. The summed E-state index contributed by atoms with van der Waals surface area (Å²) in [7, 11) is 4.65. The van der Waals surface area contributed by atoms with E-state index < -0.39 is 11.9 Å². The van der Waals surface area contributed by atoms with Gasteiger partial charge in [-0.3, -0.25) is 0 Å². The summed E-state index contributed by atoms with van der Waals surface area (Å²) < 4.78 is 10.1. The van der Waals surface area contributed by atoms with Gasteiger partial charge in [0, 0.05) is 25.5 Å². The minimum atomic E-state index is -0.486. The second-order valence-electron chi connectivity index (χ2n) is 5.00. The Balaban J connectivity index is 2.27. The first kappa shape index (κ1) is 17.3. The summed E-state index contributed by atoms with van der Waals surface area (Å²) in [6.45, 7) is 0.177. The Bertz CT molecular complexity index is 729. The van der Waals surface area contributed by atoms with Gasteiger partial charge in [0.2, 0.25) is 0 Å². The first-order valence-electron chi connectivity index (χ1n) is 7.43. The quantitative estimate of drug-likeness (QED) is 0.794. The molecule has 0 unspecified atom stereocenters. The number of anilines is 2. The topological polar surface area (TPSA) is 76.7 Å². The Morgan fingerprint density at radius 1 is 0.917 bits per heavy atom. The lowest BCUT2D eigenvalue weighted by atomic mass is 10.1. The number of carbonyl (C=O) groups excluding carboxylic acids is 2. The lowest BCUT2D eigenvalue weighted by Crippen LogP contribution is -2.13. The van der Waals surface area contributed by atoms with Crippen LogP contribution >= 0.6 is 0 Å². The van der Waals surface area contributed by atoms with Gasteiger partial charge in [-0.05, 0) is 17.7 Å². The number of esters is 2. The summed E-state index contributed by atoms with van der Waals surface area (Å²) in [5, 5.41) is 5.80. The number of nitrogens with one attached hydrogen (secondary N) is 2. The van der Waals surface area contributed by atoms with Crippen LogP contribution in [0, 0.1) is 0 Å². The van der Waals surface area contributed by atoms with Crippen LogP contribution in [0.3, 0.4) is 0 Å². The van der Waals surface area contributed by atoms with Crippen LogP contribution in [-0.4, -0.2) is 33.1 Å².